The van der Waals surface area contributed by atoms with Gasteiger partial charge in [-0.2, -0.15) is 0 Å². The van der Waals surface area contributed by atoms with E-state index in [1.165, 1.54) is 0 Å². The summed E-state index contributed by atoms with van der Waals surface area (Å²) in [7, 11) is 0. The van der Waals surface area contributed by atoms with Crippen LogP contribution in [0.15, 0.2) is 0 Å². The maximum atomic E-state index is 13.4. The molecular weight excluding hydrogens is 302 g/mol. The normalized spacial score (nSPS) is 34.9. The van der Waals surface area contributed by atoms with Crippen molar-refractivity contribution in [3.05, 3.63) is 0 Å². The molecule has 2 atom stereocenters. The molecule has 4 fully saturated rings. The largest absolute Gasteiger partial charge is 0.342 e. The standard InChI is InChI=1S/C19H31N3O2/c1-14(2)21-10-15-11-22(16(23)18(3)6-7-18)13-19(15,12-21)17(24)20-8-4-5-9-20/h14-15H,4-13H2,1-3H3/t15-,19-/m0/s1. The predicted molar refractivity (Wildman–Crippen MR) is 92.4 cm³/mol. The zero-order chi connectivity index (χ0) is 17.1. The van der Waals surface area contributed by atoms with Crippen molar-refractivity contribution in [1.82, 2.24) is 14.7 Å². The summed E-state index contributed by atoms with van der Waals surface area (Å²) in [6.45, 7) is 11.5. The first-order valence-electron chi connectivity index (χ1n) is 9.69. The van der Waals surface area contributed by atoms with Crippen LogP contribution in [0, 0.1) is 16.7 Å². The zero-order valence-corrected chi connectivity index (χ0v) is 15.4. The quantitative estimate of drug-likeness (QED) is 0.788. The van der Waals surface area contributed by atoms with Crippen molar-refractivity contribution in [1.29, 1.82) is 0 Å². The highest BCUT2D eigenvalue weighted by Crippen LogP contribution is 2.51. The Labute approximate surface area is 145 Å². The van der Waals surface area contributed by atoms with Crippen LogP contribution in [0.3, 0.4) is 0 Å². The summed E-state index contributed by atoms with van der Waals surface area (Å²) in [6, 6.07) is 0.462. The average molecular weight is 333 g/mol. The van der Waals surface area contributed by atoms with E-state index in [0.29, 0.717) is 30.3 Å². The number of carbonyl (C=O) groups is 2. The second kappa shape index (κ2) is 5.45. The van der Waals surface area contributed by atoms with Gasteiger partial charge in [0.1, 0.15) is 0 Å². The molecule has 0 radical (unpaired) electrons. The van der Waals surface area contributed by atoms with Gasteiger partial charge in [-0.3, -0.25) is 14.5 Å². The Balaban J connectivity index is 1.58. The van der Waals surface area contributed by atoms with Gasteiger partial charge in [0, 0.05) is 56.6 Å². The monoisotopic (exact) mass is 333 g/mol. The molecule has 24 heavy (non-hydrogen) atoms. The minimum atomic E-state index is -0.352. The Morgan fingerprint density at radius 3 is 2.21 bits per heavy atom. The lowest BCUT2D eigenvalue weighted by atomic mass is 9.79. The van der Waals surface area contributed by atoms with Crippen molar-refractivity contribution in [3.63, 3.8) is 0 Å². The van der Waals surface area contributed by atoms with E-state index in [1.807, 2.05) is 4.90 Å². The summed E-state index contributed by atoms with van der Waals surface area (Å²) in [5.41, 5.74) is -0.482. The lowest BCUT2D eigenvalue weighted by Gasteiger charge is -2.33. The van der Waals surface area contributed by atoms with E-state index in [2.05, 4.69) is 30.6 Å². The molecule has 0 aromatic carbocycles. The Bertz CT molecular complexity index is 551. The summed E-state index contributed by atoms with van der Waals surface area (Å²) in [4.78, 5) is 32.8. The third-order valence-corrected chi connectivity index (χ3v) is 6.99. The van der Waals surface area contributed by atoms with Gasteiger partial charge in [0.15, 0.2) is 0 Å². The zero-order valence-electron chi connectivity index (χ0n) is 15.4. The molecule has 3 aliphatic heterocycles. The van der Waals surface area contributed by atoms with E-state index in [0.717, 1.165) is 58.4 Å². The van der Waals surface area contributed by atoms with Crippen molar-refractivity contribution >= 4 is 11.8 Å². The molecule has 0 unspecified atom stereocenters. The van der Waals surface area contributed by atoms with Crippen LogP contribution < -0.4 is 0 Å². The Kier molecular flexibility index (Phi) is 3.72. The first kappa shape index (κ1) is 16.4. The SMILES string of the molecule is CC(C)N1C[C@H]2CN(C(=O)C3(C)CC3)C[C@@]2(C(=O)N2CCCC2)C1. The van der Waals surface area contributed by atoms with E-state index in [-0.39, 0.29) is 10.8 Å². The number of nitrogens with zero attached hydrogens (tertiary/aromatic N) is 3. The van der Waals surface area contributed by atoms with Crippen LogP contribution in [0.2, 0.25) is 0 Å². The molecule has 5 heteroatoms. The predicted octanol–water partition coefficient (Wildman–Crippen LogP) is 1.58. The summed E-state index contributed by atoms with van der Waals surface area (Å²) in [6.07, 6.45) is 4.28. The summed E-state index contributed by atoms with van der Waals surface area (Å²) in [5.74, 6) is 0.922. The fourth-order valence-corrected chi connectivity index (χ4v) is 4.97. The molecule has 5 nitrogen and oxygen atoms in total. The summed E-state index contributed by atoms with van der Waals surface area (Å²) in [5, 5.41) is 0. The Morgan fingerprint density at radius 2 is 1.62 bits per heavy atom. The maximum Gasteiger partial charge on any atom is 0.232 e. The molecule has 0 bridgehead atoms. The molecular formula is C19H31N3O2. The van der Waals surface area contributed by atoms with Crippen molar-refractivity contribution in [2.24, 2.45) is 16.7 Å². The molecule has 4 rings (SSSR count). The topological polar surface area (TPSA) is 43.9 Å². The van der Waals surface area contributed by atoms with E-state index < -0.39 is 0 Å². The highest BCUT2D eigenvalue weighted by Gasteiger charge is 2.61. The molecule has 1 saturated carbocycles. The van der Waals surface area contributed by atoms with Gasteiger partial charge in [-0.15, -0.1) is 0 Å². The highest BCUT2D eigenvalue weighted by atomic mass is 16.2. The molecule has 0 aromatic rings. The van der Waals surface area contributed by atoms with E-state index >= 15 is 0 Å². The van der Waals surface area contributed by atoms with Crippen molar-refractivity contribution in [2.45, 2.75) is 52.5 Å². The van der Waals surface area contributed by atoms with Gasteiger partial charge < -0.3 is 9.80 Å². The van der Waals surface area contributed by atoms with Crippen LogP contribution in [-0.4, -0.2) is 71.8 Å². The minimum absolute atomic E-state index is 0.131. The van der Waals surface area contributed by atoms with Gasteiger partial charge in [-0.25, -0.2) is 0 Å². The molecule has 3 saturated heterocycles. The molecule has 0 aromatic heterocycles. The second-order valence-corrected chi connectivity index (χ2v) is 9.12. The highest BCUT2D eigenvalue weighted by molar-refractivity contribution is 5.89. The smallest absolute Gasteiger partial charge is 0.232 e. The average Bonchev–Trinajstić information content (AvgIpc) is 2.98. The van der Waals surface area contributed by atoms with Crippen LogP contribution in [0.5, 0.6) is 0 Å². The number of hydrogen-bond acceptors (Lipinski definition) is 3. The van der Waals surface area contributed by atoms with Crippen LogP contribution in [0.25, 0.3) is 0 Å². The number of likely N-dealkylation sites (tertiary alicyclic amines) is 3. The number of amides is 2. The van der Waals surface area contributed by atoms with Crippen LogP contribution >= 0.6 is 0 Å². The van der Waals surface area contributed by atoms with Crippen molar-refractivity contribution < 1.29 is 9.59 Å². The van der Waals surface area contributed by atoms with E-state index in [9.17, 15) is 9.59 Å². The van der Waals surface area contributed by atoms with Crippen LogP contribution in [0.4, 0.5) is 0 Å². The minimum Gasteiger partial charge on any atom is -0.342 e. The molecule has 1 aliphatic carbocycles. The fourth-order valence-electron chi connectivity index (χ4n) is 4.97. The number of carbonyl (C=O) groups excluding carboxylic acids is 2. The Morgan fingerprint density at radius 1 is 0.958 bits per heavy atom. The summed E-state index contributed by atoms with van der Waals surface area (Å²) >= 11 is 0. The number of rotatable bonds is 3. The van der Waals surface area contributed by atoms with Crippen molar-refractivity contribution in [2.75, 3.05) is 39.3 Å². The first-order valence-corrected chi connectivity index (χ1v) is 9.69. The van der Waals surface area contributed by atoms with E-state index in [4.69, 9.17) is 0 Å². The summed E-state index contributed by atoms with van der Waals surface area (Å²) < 4.78 is 0. The van der Waals surface area contributed by atoms with Crippen LogP contribution in [0.1, 0.15) is 46.5 Å². The maximum absolute atomic E-state index is 13.4. The van der Waals surface area contributed by atoms with Gasteiger partial charge >= 0.3 is 0 Å². The molecule has 0 spiro atoms. The third-order valence-electron chi connectivity index (χ3n) is 6.99. The van der Waals surface area contributed by atoms with Gasteiger partial charge in [0.2, 0.25) is 11.8 Å². The van der Waals surface area contributed by atoms with Crippen molar-refractivity contribution in [3.8, 4) is 0 Å². The van der Waals surface area contributed by atoms with Gasteiger partial charge in [-0.05, 0) is 39.5 Å². The fraction of sp³-hybridized carbons (Fsp3) is 0.895. The molecule has 2 amide bonds. The van der Waals surface area contributed by atoms with E-state index in [1.54, 1.807) is 0 Å². The lowest BCUT2D eigenvalue weighted by Crippen LogP contribution is -2.50. The molecule has 4 aliphatic rings. The molecule has 3 heterocycles. The lowest BCUT2D eigenvalue weighted by molar-refractivity contribution is -0.142. The van der Waals surface area contributed by atoms with Crippen LogP contribution in [-0.2, 0) is 9.59 Å². The van der Waals surface area contributed by atoms with Gasteiger partial charge in [-0.1, -0.05) is 6.92 Å². The second-order valence-electron chi connectivity index (χ2n) is 9.12. The number of fused-ring (bicyclic) bond motifs is 1. The van der Waals surface area contributed by atoms with Gasteiger partial charge in [0.05, 0.1) is 5.41 Å². The van der Waals surface area contributed by atoms with Gasteiger partial charge in [0.25, 0.3) is 0 Å². The molecule has 134 valence electrons. The Hall–Kier alpha value is -1.10. The number of hydrogen-bond donors (Lipinski definition) is 0. The molecule has 0 N–H and O–H groups in total. The first-order chi connectivity index (χ1) is 11.4. The third kappa shape index (κ3) is 2.39.